The quantitative estimate of drug-likeness (QED) is 0.926. The molecule has 1 unspecified atom stereocenters. The molecule has 0 radical (unpaired) electrons. The van der Waals surface area contributed by atoms with Crippen molar-refractivity contribution < 1.29 is 4.79 Å². The van der Waals surface area contributed by atoms with Gasteiger partial charge in [0.15, 0.2) is 0 Å². The average Bonchev–Trinajstić information content (AvgIpc) is 3.28. The first kappa shape index (κ1) is 17.3. The summed E-state index contributed by atoms with van der Waals surface area (Å²) in [5.41, 5.74) is 7.18. The van der Waals surface area contributed by atoms with E-state index in [4.69, 9.17) is 5.73 Å². The van der Waals surface area contributed by atoms with Crippen LogP contribution in [0.5, 0.6) is 0 Å². The van der Waals surface area contributed by atoms with Crippen molar-refractivity contribution in [2.24, 2.45) is 17.1 Å². The zero-order valence-electron chi connectivity index (χ0n) is 13.3. The van der Waals surface area contributed by atoms with Gasteiger partial charge in [0.2, 0.25) is 5.91 Å². The Morgan fingerprint density at radius 2 is 1.86 bits per heavy atom. The number of likely N-dealkylation sites (tertiary alicyclic amines) is 1. The molecule has 1 aliphatic carbocycles. The maximum absolute atomic E-state index is 12.9. The summed E-state index contributed by atoms with van der Waals surface area (Å²) >= 11 is 0. The lowest BCUT2D eigenvalue weighted by Gasteiger charge is -2.36. The van der Waals surface area contributed by atoms with Crippen LogP contribution in [0, 0.1) is 11.3 Å². The third kappa shape index (κ3) is 3.64. The lowest BCUT2D eigenvalue weighted by Crippen LogP contribution is -2.45. The summed E-state index contributed by atoms with van der Waals surface area (Å²) in [6.45, 7) is 3.86. The molecular formula is C18H27ClN2O. The van der Waals surface area contributed by atoms with E-state index in [0.29, 0.717) is 11.8 Å². The fourth-order valence-corrected chi connectivity index (χ4v) is 3.57. The van der Waals surface area contributed by atoms with Crippen molar-refractivity contribution in [3.05, 3.63) is 35.9 Å². The summed E-state index contributed by atoms with van der Waals surface area (Å²) in [5.74, 6) is 0.966. The van der Waals surface area contributed by atoms with Gasteiger partial charge in [0.05, 0.1) is 5.41 Å². The van der Waals surface area contributed by atoms with E-state index in [-0.39, 0.29) is 23.9 Å². The predicted octanol–water partition coefficient (Wildman–Crippen LogP) is 3.02. The number of benzene rings is 1. The first-order valence-corrected chi connectivity index (χ1v) is 8.20. The second-order valence-corrected chi connectivity index (χ2v) is 6.93. The molecule has 3 nitrogen and oxygen atoms in total. The normalized spacial score (nSPS) is 21.8. The van der Waals surface area contributed by atoms with Crippen LogP contribution in [0.4, 0.5) is 0 Å². The van der Waals surface area contributed by atoms with Crippen molar-refractivity contribution in [1.29, 1.82) is 0 Å². The largest absolute Gasteiger partial charge is 0.342 e. The van der Waals surface area contributed by atoms with Crippen molar-refractivity contribution in [3.63, 3.8) is 0 Å². The van der Waals surface area contributed by atoms with Crippen molar-refractivity contribution in [2.45, 2.75) is 45.1 Å². The van der Waals surface area contributed by atoms with E-state index in [1.807, 2.05) is 6.07 Å². The number of hydrogen-bond acceptors (Lipinski definition) is 2. The molecule has 2 N–H and O–H groups in total. The lowest BCUT2D eigenvalue weighted by atomic mass is 9.89. The van der Waals surface area contributed by atoms with E-state index < -0.39 is 0 Å². The molecule has 2 aliphatic rings. The highest BCUT2D eigenvalue weighted by Gasteiger charge is 2.51. The topological polar surface area (TPSA) is 46.3 Å². The van der Waals surface area contributed by atoms with E-state index in [2.05, 4.69) is 36.1 Å². The second-order valence-electron chi connectivity index (χ2n) is 6.93. The number of hydrogen-bond donors (Lipinski definition) is 1. The van der Waals surface area contributed by atoms with Gasteiger partial charge in [-0.3, -0.25) is 4.79 Å². The highest BCUT2D eigenvalue weighted by Crippen LogP contribution is 2.50. The van der Waals surface area contributed by atoms with Crippen LogP contribution < -0.4 is 5.73 Å². The highest BCUT2D eigenvalue weighted by atomic mass is 35.5. The molecule has 1 aromatic rings. The minimum absolute atomic E-state index is 0. The molecule has 1 aliphatic heterocycles. The van der Waals surface area contributed by atoms with Crippen LogP contribution in [0.15, 0.2) is 30.3 Å². The van der Waals surface area contributed by atoms with E-state index in [1.54, 1.807) is 0 Å². The summed E-state index contributed by atoms with van der Waals surface area (Å²) in [5, 5.41) is 0. The minimum atomic E-state index is -0.0947. The maximum atomic E-state index is 12.9. The van der Waals surface area contributed by atoms with Crippen LogP contribution in [-0.4, -0.2) is 29.9 Å². The van der Waals surface area contributed by atoms with Gasteiger partial charge in [-0.15, -0.1) is 12.4 Å². The van der Waals surface area contributed by atoms with Gasteiger partial charge >= 0.3 is 0 Å². The molecule has 0 aromatic heterocycles. The molecular weight excluding hydrogens is 296 g/mol. The summed E-state index contributed by atoms with van der Waals surface area (Å²) in [7, 11) is 0. The minimum Gasteiger partial charge on any atom is -0.342 e. The molecule has 1 saturated heterocycles. The Kier molecular flexibility index (Phi) is 5.51. The number of amides is 1. The van der Waals surface area contributed by atoms with Crippen molar-refractivity contribution in [3.8, 4) is 0 Å². The third-order valence-corrected chi connectivity index (χ3v) is 5.26. The molecule has 0 bridgehead atoms. The van der Waals surface area contributed by atoms with Crippen LogP contribution >= 0.6 is 12.4 Å². The van der Waals surface area contributed by atoms with Crippen molar-refractivity contribution in [1.82, 2.24) is 4.90 Å². The number of piperidine rings is 1. The Morgan fingerprint density at radius 3 is 2.36 bits per heavy atom. The molecule has 122 valence electrons. The Labute approximate surface area is 139 Å². The smallest absolute Gasteiger partial charge is 0.229 e. The van der Waals surface area contributed by atoms with Gasteiger partial charge in [0, 0.05) is 19.1 Å². The number of rotatable bonds is 4. The standard InChI is InChI=1S/C18H26N2O.ClH/c1-14(19)16-7-11-20(12-8-16)17(21)18(9-10-18)13-15-5-3-2-4-6-15;/h2-6,14,16H,7-13,19H2,1H3;1H. The van der Waals surface area contributed by atoms with Gasteiger partial charge in [0.1, 0.15) is 0 Å². The second kappa shape index (κ2) is 7.01. The summed E-state index contributed by atoms with van der Waals surface area (Å²) in [6.07, 6.45) is 5.12. The summed E-state index contributed by atoms with van der Waals surface area (Å²) in [4.78, 5) is 14.9. The molecule has 22 heavy (non-hydrogen) atoms. The van der Waals surface area contributed by atoms with Crippen LogP contribution in [0.25, 0.3) is 0 Å². The first-order chi connectivity index (χ1) is 10.1. The van der Waals surface area contributed by atoms with E-state index in [1.165, 1.54) is 5.56 Å². The molecule has 0 spiro atoms. The molecule has 1 atom stereocenters. The van der Waals surface area contributed by atoms with Gasteiger partial charge in [-0.2, -0.15) is 0 Å². The molecule has 4 heteroatoms. The Balaban J connectivity index is 0.00000176. The molecule has 2 fully saturated rings. The fraction of sp³-hybridized carbons (Fsp3) is 0.611. The van der Waals surface area contributed by atoms with Crippen LogP contribution in [0.3, 0.4) is 0 Å². The highest BCUT2D eigenvalue weighted by molar-refractivity contribution is 5.86. The van der Waals surface area contributed by atoms with Crippen LogP contribution in [-0.2, 0) is 11.2 Å². The van der Waals surface area contributed by atoms with Crippen LogP contribution in [0.2, 0.25) is 0 Å². The molecule has 1 aromatic carbocycles. The summed E-state index contributed by atoms with van der Waals surface area (Å²) in [6, 6.07) is 10.7. The van der Waals surface area contributed by atoms with E-state index >= 15 is 0 Å². The zero-order valence-corrected chi connectivity index (χ0v) is 14.1. The molecule has 1 amide bonds. The van der Waals surface area contributed by atoms with E-state index in [0.717, 1.165) is 45.2 Å². The van der Waals surface area contributed by atoms with Crippen molar-refractivity contribution in [2.75, 3.05) is 13.1 Å². The van der Waals surface area contributed by atoms with E-state index in [9.17, 15) is 4.79 Å². The van der Waals surface area contributed by atoms with Crippen LogP contribution in [0.1, 0.15) is 38.2 Å². The number of carbonyl (C=O) groups excluding carboxylic acids is 1. The Morgan fingerprint density at radius 1 is 1.27 bits per heavy atom. The molecule has 1 heterocycles. The Bertz CT molecular complexity index is 491. The number of halogens is 1. The predicted molar refractivity (Wildman–Crippen MR) is 92.0 cm³/mol. The molecule has 3 rings (SSSR count). The van der Waals surface area contributed by atoms with Gasteiger partial charge in [0.25, 0.3) is 0 Å². The number of nitrogens with two attached hydrogens (primary N) is 1. The first-order valence-electron chi connectivity index (χ1n) is 8.20. The fourth-order valence-electron chi connectivity index (χ4n) is 3.57. The van der Waals surface area contributed by atoms with Gasteiger partial charge in [-0.1, -0.05) is 30.3 Å². The number of carbonyl (C=O) groups is 1. The zero-order chi connectivity index (χ0) is 14.9. The third-order valence-electron chi connectivity index (χ3n) is 5.26. The van der Waals surface area contributed by atoms with Crippen molar-refractivity contribution >= 4 is 18.3 Å². The van der Waals surface area contributed by atoms with Gasteiger partial charge < -0.3 is 10.6 Å². The monoisotopic (exact) mass is 322 g/mol. The van der Waals surface area contributed by atoms with Gasteiger partial charge in [-0.25, -0.2) is 0 Å². The molecule has 1 saturated carbocycles. The summed E-state index contributed by atoms with van der Waals surface area (Å²) < 4.78 is 0. The lowest BCUT2D eigenvalue weighted by molar-refractivity contribution is -0.138. The average molecular weight is 323 g/mol. The van der Waals surface area contributed by atoms with Gasteiger partial charge in [-0.05, 0) is 50.5 Å². The Hall–Kier alpha value is -1.06. The maximum Gasteiger partial charge on any atom is 0.229 e. The number of nitrogens with zero attached hydrogens (tertiary/aromatic N) is 1. The SMILES string of the molecule is CC(N)C1CCN(C(=O)C2(Cc3ccccc3)CC2)CC1.Cl.